The lowest BCUT2D eigenvalue weighted by atomic mass is 9.88. The van der Waals surface area contributed by atoms with E-state index < -0.39 is 5.41 Å². The van der Waals surface area contributed by atoms with E-state index in [2.05, 4.69) is 12.2 Å². The molecule has 0 saturated carbocycles. The van der Waals surface area contributed by atoms with Crippen molar-refractivity contribution in [3.05, 3.63) is 16.0 Å². The first-order valence-electron chi connectivity index (χ1n) is 8.26. The summed E-state index contributed by atoms with van der Waals surface area (Å²) >= 11 is 1.53. The second-order valence-corrected chi connectivity index (χ2v) is 8.82. The van der Waals surface area contributed by atoms with Crippen LogP contribution in [-0.4, -0.2) is 18.0 Å². The minimum absolute atomic E-state index is 0.0808. The minimum Gasteiger partial charge on any atom is -0.459 e. The largest absolute Gasteiger partial charge is 0.459 e. The zero-order valence-electron chi connectivity index (χ0n) is 14.9. The van der Waals surface area contributed by atoms with Crippen LogP contribution in [0.5, 0.6) is 0 Å². The lowest BCUT2D eigenvalue weighted by Crippen LogP contribution is -2.28. The van der Waals surface area contributed by atoms with Crippen molar-refractivity contribution in [2.24, 2.45) is 11.3 Å². The lowest BCUT2D eigenvalue weighted by molar-refractivity contribution is -0.123. The fraction of sp³-hybridized carbons (Fsp3) is 0.667. The van der Waals surface area contributed by atoms with E-state index in [1.807, 2.05) is 34.6 Å². The molecular weight excluding hydrogens is 310 g/mol. The number of esters is 1. The van der Waals surface area contributed by atoms with Gasteiger partial charge in [-0.25, -0.2) is 4.79 Å². The molecule has 0 aromatic carbocycles. The van der Waals surface area contributed by atoms with Gasteiger partial charge < -0.3 is 10.1 Å². The van der Waals surface area contributed by atoms with E-state index in [1.54, 1.807) is 0 Å². The van der Waals surface area contributed by atoms with Crippen molar-refractivity contribution in [2.45, 2.75) is 66.9 Å². The van der Waals surface area contributed by atoms with Gasteiger partial charge in [0.15, 0.2) is 0 Å². The third kappa shape index (κ3) is 4.14. The predicted octanol–water partition coefficient (Wildman–Crippen LogP) is 4.42. The van der Waals surface area contributed by atoms with Crippen molar-refractivity contribution in [2.75, 3.05) is 5.32 Å². The summed E-state index contributed by atoms with van der Waals surface area (Å²) in [5, 5.41) is 3.60. The van der Waals surface area contributed by atoms with Gasteiger partial charge in [0.1, 0.15) is 5.00 Å². The number of ether oxygens (including phenoxy) is 1. The summed E-state index contributed by atoms with van der Waals surface area (Å²) in [5.41, 5.74) is 1.14. The summed E-state index contributed by atoms with van der Waals surface area (Å²) in [7, 11) is 0. The second kappa shape index (κ2) is 6.63. The Labute approximate surface area is 142 Å². The van der Waals surface area contributed by atoms with Gasteiger partial charge >= 0.3 is 5.97 Å². The van der Waals surface area contributed by atoms with Crippen molar-refractivity contribution in [1.29, 1.82) is 0 Å². The van der Waals surface area contributed by atoms with Crippen LogP contribution in [0.25, 0.3) is 0 Å². The third-order valence-corrected chi connectivity index (χ3v) is 5.14. The molecule has 1 atom stereocenters. The Morgan fingerprint density at radius 3 is 2.52 bits per heavy atom. The van der Waals surface area contributed by atoms with Crippen LogP contribution >= 0.6 is 11.3 Å². The van der Waals surface area contributed by atoms with Gasteiger partial charge in [0.2, 0.25) is 5.91 Å². The Bertz CT molecular complexity index is 611. The highest BCUT2D eigenvalue weighted by molar-refractivity contribution is 7.17. The topological polar surface area (TPSA) is 55.4 Å². The molecule has 0 radical (unpaired) electrons. The highest BCUT2D eigenvalue weighted by atomic mass is 32.1. The summed E-state index contributed by atoms with van der Waals surface area (Å²) in [6.45, 7) is 11.5. The van der Waals surface area contributed by atoms with Crippen molar-refractivity contribution in [1.82, 2.24) is 0 Å². The SMILES string of the molecule is CC1CCc2c(sc(NC(=O)C(C)(C)C)c2C(=O)OC(C)C)C1. The van der Waals surface area contributed by atoms with Gasteiger partial charge in [0.25, 0.3) is 0 Å². The van der Waals surface area contributed by atoms with Crippen LogP contribution in [-0.2, 0) is 22.4 Å². The molecule has 4 nitrogen and oxygen atoms in total. The second-order valence-electron chi connectivity index (χ2n) is 7.71. The molecule has 0 saturated heterocycles. The maximum atomic E-state index is 12.6. The van der Waals surface area contributed by atoms with Crippen LogP contribution < -0.4 is 5.32 Å². The summed E-state index contributed by atoms with van der Waals surface area (Å²) in [5.74, 6) is 0.209. The Hall–Kier alpha value is -1.36. The van der Waals surface area contributed by atoms with Crippen LogP contribution in [0.3, 0.4) is 0 Å². The number of hydrogen-bond acceptors (Lipinski definition) is 4. The van der Waals surface area contributed by atoms with Gasteiger partial charge in [-0.1, -0.05) is 27.7 Å². The maximum Gasteiger partial charge on any atom is 0.341 e. The van der Waals surface area contributed by atoms with E-state index in [1.165, 1.54) is 16.2 Å². The Morgan fingerprint density at radius 1 is 1.30 bits per heavy atom. The van der Waals surface area contributed by atoms with Crippen molar-refractivity contribution >= 4 is 28.2 Å². The molecule has 1 unspecified atom stereocenters. The normalized spacial score (nSPS) is 17.8. The highest BCUT2D eigenvalue weighted by Gasteiger charge is 2.31. The summed E-state index contributed by atoms with van der Waals surface area (Å²) in [6, 6.07) is 0. The van der Waals surface area contributed by atoms with E-state index in [0.717, 1.165) is 24.8 Å². The van der Waals surface area contributed by atoms with E-state index in [0.29, 0.717) is 16.5 Å². The fourth-order valence-corrected chi connectivity index (χ4v) is 4.01. The molecule has 128 valence electrons. The summed E-state index contributed by atoms with van der Waals surface area (Å²) < 4.78 is 5.41. The number of nitrogens with one attached hydrogen (secondary N) is 1. The number of carbonyl (C=O) groups excluding carboxylic acids is 2. The monoisotopic (exact) mass is 337 g/mol. The van der Waals surface area contributed by atoms with E-state index in [9.17, 15) is 9.59 Å². The predicted molar refractivity (Wildman–Crippen MR) is 94.1 cm³/mol. The van der Waals surface area contributed by atoms with Crippen LogP contribution in [0.4, 0.5) is 5.00 Å². The van der Waals surface area contributed by atoms with Gasteiger partial charge in [-0.3, -0.25) is 4.79 Å². The number of hydrogen-bond donors (Lipinski definition) is 1. The maximum absolute atomic E-state index is 12.6. The number of amides is 1. The molecule has 1 aliphatic rings. The first kappa shape index (κ1) is 18.0. The van der Waals surface area contributed by atoms with Gasteiger partial charge in [0, 0.05) is 10.3 Å². The zero-order chi connectivity index (χ0) is 17.4. The minimum atomic E-state index is -0.503. The molecule has 1 N–H and O–H groups in total. The van der Waals surface area contributed by atoms with E-state index in [-0.39, 0.29) is 18.0 Å². The average molecular weight is 337 g/mol. The number of carbonyl (C=O) groups is 2. The Balaban J connectivity index is 2.40. The smallest absolute Gasteiger partial charge is 0.341 e. The van der Waals surface area contributed by atoms with Crippen molar-refractivity contribution < 1.29 is 14.3 Å². The van der Waals surface area contributed by atoms with Crippen LogP contribution in [0.1, 0.15) is 68.8 Å². The van der Waals surface area contributed by atoms with Crippen LogP contribution in [0.2, 0.25) is 0 Å². The molecule has 0 aliphatic heterocycles. The first-order valence-corrected chi connectivity index (χ1v) is 9.08. The summed E-state index contributed by atoms with van der Waals surface area (Å²) in [4.78, 5) is 26.1. The molecule has 0 spiro atoms. The molecule has 5 heteroatoms. The Morgan fingerprint density at radius 2 is 1.96 bits per heavy atom. The Kier molecular flexibility index (Phi) is 5.19. The van der Waals surface area contributed by atoms with Gasteiger partial charge in [-0.05, 0) is 44.6 Å². The molecule has 0 fully saturated rings. The molecule has 1 amide bonds. The number of thiophene rings is 1. The zero-order valence-corrected chi connectivity index (χ0v) is 15.7. The third-order valence-electron chi connectivity index (χ3n) is 3.97. The van der Waals surface area contributed by atoms with Gasteiger partial charge in [0.05, 0.1) is 11.7 Å². The molecule has 1 aliphatic carbocycles. The molecule has 1 aromatic heterocycles. The average Bonchev–Trinajstić information content (AvgIpc) is 2.73. The van der Waals surface area contributed by atoms with Crippen molar-refractivity contribution in [3.8, 4) is 0 Å². The molecule has 0 bridgehead atoms. The van der Waals surface area contributed by atoms with Gasteiger partial charge in [-0.15, -0.1) is 11.3 Å². The van der Waals surface area contributed by atoms with Crippen molar-refractivity contribution in [3.63, 3.8) is 0 Å². The number of fused-ring (bicyclic) bond motifs is 1. The number of rotatable bonds is 3. The van der Waals surface area contributed by atoms with Gasteiger partial charge in [-0.2, -0.15) is 0 Å². The molecule has 2 rings (SSSR count). The van der Waals surface area contributed by atoms with E-state index in [4.69, 9.17) is 4.74 Å². The van der Waals surface area contributed by atoms with Crippen LogP contribution in [0.15, 0.2) is 0 Å². The van der Waals surface area contributed by atoms with E-state index >= 15 is 0 Å². The summed E-state index contributed by atoms with van der Waals surface area (Å²) in [6.07, 6.45) is 2.74. The molecule has 1 heterocycles. The fourth-order valence-electron chi connectivity index (χ4n) is 2.62. The highest BCUT2D eigenvalue weighted by Crippen LogP contribution is 2.40. The van der Waals surface area contributed by atoms with Crippen LogP contribution in [0, 0.1) is 11.3 Å². The standard InChI is InChI=1S/C18H27NO3S/c1-10(2)22-16(20)14-12-8-7-11(3)9-13(12)23-15(14)19-17(21)18(4,5)6/h10-11H,7-9H2,1-6H3,(H,19,21). The molecule has 23 heavy (non-hydrogen) atoms. The number of anilines is 1. The lowest BCUT2D eigenvalue weighted by Gasteiger charge is -2.19. The molecular formula is C18H27NO3S. The quantitative estimate of drug-likeness (QED) is 0.831. The molecule has 1 aromatic rings. The first-order chi connectivity index (χ1) is 10.6.